The van der Waals surface area contributed by atoms with E-state index in [2.05, 4.69) is 5.32 Å². The molecule has 1 atom stereocenters. The molecule has 0 bridgehead atoms. The Hall–Kier alpha value is -2.70. The Morgan fingerprint density at radius 1 is 1.30 bits per heavy atom. The molecule has 3 N–H and O–H groups in total. The van der Waals surface area contributed by atoms with Gasteiger partial charge in [0.15, 0.2) is 0 Å². The zero-order valence-corrected chi connectivity index (χ0v) is 10.2. The molecule has 3 rings (SSSR count). The number of rotatable bonds is 1. The number of carbonyl (C=O) groups excluding carboxylic acids is 4. The summed E-state index contributed by atoms with van der Waals surface area (Å²) in [6.07, 6.45) is 0.0597. The number of imide groups is 2. The third-order valence-electron chi connectivity index (χ3n) is 3.37. The predicted molar refractivity (Wildman–Crippen MR) is 67.5 cm³/mol. The van der Waals surface area contributed by atoms with Crippen molar-refractivity contribution in [3.05, 3.63) is 29.3 Å². The largest absolute Gasteiger partial charge is 0.398 e. The van der Waals surface area contributed by atoms with Gasteiger partial charge in [-0.05, 0) is 18.5 Å². The number of hydrogen-bond donors (Lipinski definition) is 2. The molecule has 0 aliphatic carbocycles. The van der Waals surface area contributed by atoms with Gasteiger partial charge in [0.25, 0.3) is 11.8 Å². The molecular weight excluding hydrogens is 262 g/mol. The van der Waals surface area contributed by atoms with E-state index in [0.717, 1.165) is 11.0 Å². The maximum Gasteiger partial charge on any atom is 0.264 e. The second kappa shape index (κ2) is 4.16. The summed E-state index contributed by atoms with van der Waals surface area (Å²) in [5.74, 6) is -2.70. The zero-order valence-electron chi connectivity index (χ0n) is 12.2. The van der Waals surface area contributed by atoms with Gasteiger partial charge in [-0.2, -0.15) is 0 Å². The van der Waals surface area contributed by atoms with E-state index in [4.69, 9.17) is 8.48 Å². The third-order valence-corrected chi connectivity index (χ3v) is 3.37. The van der Waals surface area contributed by atoms with Crippen LogP contribution in [0, 0.1) is 0 Å². The van der Waals surface area contributed by atoms with Crippen LogP contribution >= 0.6 is 0 Å². The molecule has 0 spiro atoms. The van der Waals surface area contributed by atoms with Crippen molar-refractivity contribution in [2.45, 2.75) is 18.9 Å². The van der Waals surface area contributed by atoms with Gasteiger partial charge >= 0.3 is 0 Å². The number of fused-ring (bicyclic) bond motifs is 1. The van der Waals surface area contributed by atoms with Crippen LogP contribution < -0.4 is 11.1 Å². The minimum atomic E-state index is -1.09. The fraction of sp³-hybridized carbons (Fsp3) is 0.231. The van der Waals surface area contributed by atoms with E-state index in [1.54, 1.807) is 0 Å². The van der Waals surface area contributed by atoms with E-state index in [-0.39, 0.29) is 41.7 Å². The normalized spacial score (nSPS) is 23.4. The number of benzene rings is 1. The van der Waals surface area contributed by atoms with Crippen LogP contribution in [0.3, 0.4) is 0 Å². The minimum Gasteiger partial charge on any atom is -0.398 e. The summed E-state index contributed by atoms with van der Waals surface area (Å²) in [5, 5.41) is 2.08. The van der Waals surface area contributed by atoms with Crippen LogP contribution in [-0.2, 0) is 9.59 Å². The molecular formula is C13H11N3O4. The Morgan fingerprint density at radius 3 is 2.75 bits per heavy atom. The van der Waals surface area contributed by atoms with E-state index in [1.165, 1.54) is 0 Å². The number of piperidine rings is 1. The standard InChI is InChI=1S/C13H11N3O4/c14-7-3-1-2-6-10(7)13(20)16(12(6)19)8-4-5-9(17)15-11(8)18/h1-3,8H,4-5,14H2,(H,15,17,18)/i1D,3D. The fourth-order valence-corrected chi connectivity index (χ4v) is 2.42. The van der Waals surface area contributed by atoms with Crippen LogP contribution in [0.25, 0.3) is 0 Å². The van der Waals surface area contributed by atoms with E-state index < -0.39 is 29.7 Å². The van der Waals surface area contributed by atoms with Crippen LogP contribution in [0.1, 0.15) is 36.3 Å². The van der Waals surface area contributed by atoms with Gasteiger partial charge in [0.05, 0.1) is 13.9 Å². The van der Waals surface area contributed by atoms with Crippen molar-refractivity contribution in [1.82, 2.24) is 10.2 Å². The number of nitrogen functional groups attached to an aromatic ring is 1. The lowest BCUT2D eigenvalue weighted by molar-refractivity contribution is -0.136. The van der Waals surface area contributed by atoms with Crippen molar-refractivity contribution >= 4 is 29.3 Å². The van der Waals surface area contributed by atoms with Crippen molar-refractivity contribution in [3.63, 3.8) is 0 Å². The number of anilines is 1. The molecule has 7 heteroatoms. The van der Waals surface area contributed by atoms with Crippen molar-refractivity contribution in [3.8, 4) is 0 Å². The number of nitrogens with two attached hydrogens (primary N) is 1. The predicted octanol–water partition coefficient (Wildman–Crippen LogP) is -0.330. The molecule has 1 unspecified atom stereocenters. The van der Waals surface area contributed by atoms with Crippen molar-refractivity contribution < 1.29 is 21.9 Å². The Labute approximate surface area is 116 Å². The number of carbonyl (C=O) groups is 4. The number of hydrogen-bond acceptors (Lipinski definition) is 5. The van der Waals surface area contributed by atoms with Crippen LogP contribution in [0.2, 0.25) is 0 Å². The summed E-state index contributed by atoms with van der Waals surface area (Å²) < 4.78 is 15.2. The van der Waals surface area contributed by atoms with Crippen LogP contribution in [0.15, 0.2) is 18.2 Å². The second-order valence-electron chi connectivity index (χ2n) is 4.56. The molecule has 1 fully saturated rings. The lowest BCUT2D eigenvalue weighted by Gasteiger charge is -2.27. The smallest absolute Gasteiger partial charge is 0.264 e. The summed E-state index contributed by atoms with van der Waals surface area (Å²) >= 11 is 0. The molecule has 2 aliphatic heterocycles. The Balaban J connectivity index is 2.06. The van der Waals surface area contributed by atoms with Crippen LogP contribution in [0.5, 0.6) is 0 Å². The monoisotopic (exact) mass is 275 g/mol. The highest BCUT2D eigenvalue weighted by Crippen LogP contribution is 2.30. The first kappa shape index (κ1) is 10.1. The Bertz CT molecular complexity index is 762. The summed E-state index contributed by atoms with van der Waals surface area (Å²) in [7, 11) is 0. The quantitative estimate of drug-likeness (QED) is 0.538. The number of amides is 4. The zero-order chi connectivity index (χ0) is 16.2. The molecule has 0 saturated carbocycles. The second-order valence-corrected chi connectivity index (χ2v) is 4.56. The maximum absolute atomic E-state index is 12.4. The van der Waals surface area contributed by atoms with E-state index in [0.29, 0.717) is 0 Å². The Morgan fingerprint density at radius 2 is 2.05 bits per heavy atom. The topological polar surface area (TPSA) is 110 Å². The average Bonchev–Trinajstić information content (AvgIpc) is 2.69. The minimum absolute atomic E-state index is 0.0205. The van der Waals surface area contributed by atoms with Gasteiger partial charge in [-0.3, -0.25) is 29.4 Å². The van der Waals surface area contributed by atoms with Gasteiger partial charge in [-0.15, -0.1) is 0 Å². The summed E-state index contributed by atoms with van der Waals surface area (Å²) in [5.41, 5.74) is 5.17. The molecule has 4 amide bonds. The van der Waals surface area contributed by atoms with Gasteiger partial charge in [0.2, 0.25) is 11.8 Å². The summed E-state index contributed by atoms with van der Waals surface area (Å²) in [6, 6.07) is -0.611. The lowest BCUT2D eigenvalue weighted by atomic mass is 10.0. The highest BCUT2D eigenvalue weighted by atomic mass is 16.2. The van der Waals surface area contributed by atoms with Gasteiger partial charge < -0.3 is 5.73 Å². The number of nitrogens with one attached hydrogen (secondary N) is 1. The summed E-state index contributed by atoms with van der Waals surface area (Å²) in [6.45, 7) is 0. The highest BCUT2D eigenvalue weighted by molar-refractivity contribution is 6.25. The average molecular weight is 275 g/mol. The molecule has 0 aromatic heterocycles. The van der Waals surface area contributed by atoms with Crippen LogP contribution in [0.4, 0.5) is 5.69 Å². The Kier molecular flexibility index (Phi) is 2.11. The molecule has 2 aliphatic rings. The molecule has 1 aromatic carbocycles. The summed E-state index contributed by atoms with van der Waals surface area (Å²) in [4.78, 5) is 48.6. The first-order chi connectivity index (χ1) is 10.3. The van der Waals surface area contributed by atoms with Crippen molar-refractivity contribution in [1.29, 1.82) is 0 Å². The van der Waals surface area contributed by atoms with Crippen LogP contribution in [-0.4, -0.2) is 34.6 Å². The first-order valence-corrected chi connectivity index (χ1v) is 5.94. The highest BCUT2D eigenvalue weighted by Gasteiger charge is 2.45. The van der Waals surface area contributed by atoms with Crippen molar-refractivity contribution in [2.75, 3.05) is 5.73 Å². The van der Waals surface area contributed by atoms with Gasteiger partial charge in [-0.25, -0.2) is 0 Å². The molecule has 1 aromatic rings. The van der Waals surface area contributed by atoms with E-state index in [1.807, 2.05) is 0 Å². The third kappa shape index (κ3) is 1.59. The van der Waals surface area contributed by atoms with Gasteiger partial charge in [-0.1, -0.05) is 6.04 Å². The van der Waals surface area contributed by atoms with Crippen molar-refractivity contribution in [2.24, 2.45) is 0 Å². The molecule has 2 heterocycles. The fourth-order valence-electron chi connectivity index (χ4n) is 2.42. The first-order valence-electron chi connectivity index (χ1n) is 6.94. The van der Waals surface area contributed by atoms with Gasteiger partial charge in [0, 0.05) is 12.1 Å². The SMILES string of the molecule is [2H]c1cc2c(c(N)c1[2H])C(=O)N(C1CCC(=O)NC1=O)C2=O. The molecule has 20 heavy (non-hydrogen) atoms. The van der Waals surface area contributed by atoms with Gasteiger partial charge in [0.1, 0.15) is 6.04 Å². The molecule has 7 nitrogen and oxygen atoms in total. The molecule has 102 valence electrons. The lowest BCUT2D eigenvalue weighted by Crippen LogP contribution is -2.54. The maximum atomic E-state index is 12.4. The molecule has 1 saturated heterocycles. The number of nitrogens with zero attached hydrogens (tertiary/aromatic N) is 1. The molecule has 0 radical (unpaired) electrons. The van der Waals surface area contributed by atoms with E-state index in [9.17, 15) is 19.2 Å². The van der Waals surface area contributed by atoms with E-state index >= 15 is 0 Å².